The predicted molar refractivity (Wildman–Crippen MR) is 66.1 cm³/mol. The van der Waals surface area contributed by atoms with Gasteiger partial charge in [0.1, 0.15) is 11.7 Å². The van der Waals surface area contributed by atoms with Crippen molar-refractivity contribution in [2.24, 2.45) is 5.73 Å². The van der Waals surface area contributed by atoms with Gasteiger partial charge in [-0.2, -0.15) is 0 Å². The molecule has 4 nitrogen and oxygen atoms in total. The van der Waals surface area contributed by atoms with E-state index in [-0.39, 0.29) is 0 Å². The van der Waals surface area contributed by atoms with Crippen LogP contribution < -0.4 is 5.73 Å². The number of methoxy groups -OCH3 is 1. The highest BCUT2D eigenvalue weighted by Crippen LogP contribution is 2.26. The summed E-state index contributed by atoms with van der Waals surface area (Å²) in [6, 6.07) is 0. The van der Waals surface area contributed by atoms with Crippen molar-refractivity contribution in [1.29, 1.82) is 0 Å². The molecule has 0 bridgehead atoms. The SMILES string of the molecule is C=CCC1=CC(OC)C(O)(C=CC(N)=O)C=C1. The highest BCUT2D eigenvalue weighted by Gasteiger charge is 2.33. The number of hydrogen-bond donors (Lipinski definition) is 2. The van der Waals surface area contributed by atoms with Gasteiger partial charge in [-0.3, -0.25) is 4.79 Å². The zero-order valence-electron chi connectivity index (χ0n) is 9.80. The standard InChI is InChI=1S/C13H17NO3/c1-3-4-10-5-7-13(16,8-6-12(14)15)11(9-10)17-2/h3,5-9,11,16H,1,4H2,2H3,(H2,14,15). The largest absolute Gasteiger partial charge is 0.379 e. The van der Waals surface area contributed by atoms with Crippen LogP contribution in [0.1, 0.15) is 6.42 Å². The van der Waals surface area contributed by atoms with Gasteiger partial charge < -0.3 is 15.6 Å². The molecular formula is C13H17NO3. The molecule has 2 unspecified atom stereocenters. The first kappa shape index (κ1) is 13.4. The van der Waals surface area contributed by atoms with Crippen LogP contribution in [0.2, 0.25) is 0 Å². The van der Waals surface area contributed by atoms with Crippen LogP contribution in [-0.2, 0) is 9.53 Å². The number of carbonyl (C=O) groups excluding carboxylic acids is 1. The average molecular weight is 235 g/mol. The van der Waals surface area contributed by atoms with E-state index in [1.54, 1.807) is 24.3 Å². The highest BCUT2D eigenvalue weighted by atomic mass is 16.5. The third-order valence-electron chi connectivity index (χ3n) is 2.53. The van der Waals surface area contributed by atoms with E-state index in [9.17, 15) is 9.90 Å². The summed E-state index contributed by atoms with van der Waals surface area (Å²) in [5.41, 5.74) is 4.66. The smallest absolute Gasteiger partial charge is 0.241 e. The monoisotopic (exact) mass is 235 g/mol. The lowest BCUT2D eigenvalue weighted by molar-refractivity contribution is -0.113. The van der Waals surface area contributed by atoms with Crippen molar-refractivity contribution in [2.45, 2.75) is 18.1 Å². The topological polar surface area (TPSA) is 72.6 Å². The molecule has 92 valence electrons. The van der Waals surface area contributed by atoms with E-state index in [0.29, 0.717) is 6.42 Å². The van der Waals surface area contributed by atoms with Crippen molar-refractivity contribution in [3.8, 4) is 0 Å². The summed E-state index contributed by atoms with van der Waals surface area (Å²) in [5, 5.41) is 10.3. The summed E-state index contributed by atoms with van der Waals surface area (Å²) < 4.78 is 5.20. The second kappa shape index (κ2) is 5.61. The number of allylic oxidation sites excluding steroid dienone is 3. The number of amides is 1. The first-order valence-electron chi connectivity index (χ1n) is 5.26. The molecule has 4 heteroatoms. The van der Waals surface area contributed by atoms with Crippen LogP contribution in [0.15, 0.2) is 48.6 Å². The number of aliphatic hydroxyl groups is 1. The molecule has 0 saturated heterocycles. The van der Waals surface area contributed by atoms with Crippen molar-refractivity contribution in [2.75, 3.05) is 7.11 Å². The van der Waals surface area contributed by atoms with Gasteiger partial charge in [0, 0.05) is 13.2 Å². The molecule has 0 aromatic carbocycles. The molecule has 1 aliphatic rings. The summed E-state index contributed by atoms with van der Waals surface area (Å²) in [5.74, 6) is -0.609. The molecule has 0 aromatic rings. The van der Waals surface area contributed by atoms with Crippen molar-refractivity contribution >= 4 is 5.91 Å². The molecule has 1 amide bonds. The van der Waals surface area contributed by atoms with Gasteiger partial charge in [0.15, 0.2) is 0 Å². The average Bonchev–Trinajstić information content (AvgIpc) is 2.30. The lowest BCUT2D eigenvalue weighted by atomic mass is 9.88. The van der Waals surface area contributed by atoms with Gasteiger partial charge in [-0.25, -0.2) is 0 Å². The predicted octanol–water partition coefficient (Wildman–Crippen LogP) is 0.846. The summed E-state index contributed by atoms with van der Waals surface area (Å²) in [6.07, 6.45) is 9.55. The number of carbonyl (C=O) groups is 1. The lowest BCUT2D eigenvalue weighted by Crippen LogP contribution is -2.40. The Morgan fingerprint density at radius 2 is 2.47 bits per heavy atom. The van der Waals surface area contributed by atoms with E-state index in [1.807, 2.05) is 0 Å². The summed E-state index contributed by atoms with van der Waals surface area (Å²) in [6.45, 7) is 3.65. The number of ether oxygens (including phenoxy) is 1. The zero-order chi connectivity index (χ0) is 12.9. The van der Waals surface area contributed by atoms with E-state index in [4.69, 9.17) is 10.5 Å². The van der Waals surface area contributed by atoms with Crippen LogP contribution in [0.4, 0.5) is 0 Å². The Balaban J connectivity index is 2.93. The molecule has 3 N–H and O–H groups in total. The minimum Gasteiger partial charge on any atom is -0.379 e. The van der Waals surface area contributed by atoms with E-state index in [2.05, 4.69) is 6.58 Å². The van der Waals surface area contributed by atoms with Gasteiger partial charge in [-0.05, 0) is 30.2 Å². The Labute approximate surface area is 101 Å². The van der Waals surface area contributed by atoms with Crippen molar-refractivity contribution < 1.29 is 14.6 Å². The van der Waals surface area contributed by atoms with Crippen LogP contribution >= 0.6 is 0 Å². The molecule has 0 aromatic heterocycles. The Morgan fingerprint density at radius 1 is 1.76 bits per heavy atom. The van der Waals surface area contributed by atoms with Gasteiger partial charge in [-0.15, -0.1) is 6.58 Å². The van der Waals surface area contributed by atoms with E-state index >= 15 is 0 Å². The third-order valence-corrected chi connectivity index (χ3v) is 2.53. The molecule has 0 saturated carbocycles. The number of rotatable bonds is 5. The zero-order valence-corrected chi connectivity index (χ0v) is 9.80. The maximum Gasteiger partial charge on any atom is 0.241 e. The van der Waals surface area contributed by atoms with Gasteiger partial charge in [-0.1, -0.05) is 12.2 Å². The fourth-order valence-corrected chi connectivity index (χ4v) is 1.64. The number of primary amides is 1. The van der Waals surface area contributed by atoms with Gasteiger partial charge in [0.2, 0.25) is 5.91 Å². The normalized spacial score (nSPS) is 28.1. The Kier molecular flexibility index (Phi) is 4.43. The van der Waals surface area contributed by atoms with Crippen molar-refractivity contribution in [1.82, 2.24) is 0 Å². The van der Waals surface area contributed by atoms with Crippen molar-refractivity contribution in [3.05, 3.63) is 48.6 Å². The third kappa shape index (κ3) is 3.41. The van der Waals surface area contributed by atoms with Crippen LogP contribution in [0.5, 0.6) is 0 Å². The Hall–Kier alpha value is -1.65. The summed E-state index contributed by atoms with van der Waals surface area (Å²) >= 11 is 0. The van der Waals surface area contributed by atoms with Crippen LogP contribution in [0.3, 0.4) is 0 Å². The van der Waals surface area contributed by atoms with E-state index in [1.165, 1.54) is 13.2 Å². The minimum atomic E-state index is -1.34. The molecule has 1 rings (SSSR count). The molecule has 17 heavy (non-hydrogen) atoms. The molecule has 0 heterocycles. The fourth-order valence-electron chi connectivity index (χ4n) is 1.64. The summed E-state index contributed by atoms with van der Waals surface area (Å²) in [7, 11) is 1.49. The van der Waals surface area contributed by atoms with Crippen molar-refractivity contribution in [3.63, 3.8) is 0 Å². The summed E-state index contributed by atoms with van der Waals surface area (Å²) in [4.78, 5) is 10.7. The number of nitrogens with two attached hydrogens (primary N) is 1. The van der Waals surface area contributed by atoms with Crippen LogP contribution in [-0.4, -0.2) is 29.8 Å². The van der Waals surface area contributed by atoms with Gasteiger partial charge in [0.25, 0.3) is 0 Å². The van der Waals surface area contributed by atoms with Gasteiger partial charge in [0.05, 0.1) is 0 Å². The number of hydrogen-bond acceptors (Lipinski definition) is 3. The first-order valence-corrected chi connectivity index (χ1v) is 5.26. The highest BCUT2D eigenvalue weighted by molar-refractivity contribution is 5.86. The quantitative estimate of drug-likeness (QED) is 0.548. The second-order valence-electron chi connectivity index (χ2n) is 3.85. The lowest BCUT2D eigenvalue weighted by Gasteiger charge is -2.31. The maximum atomic E-state index is 10.7. The molecule has 0 fully saturated rings. The molecular weight excluding hydrogens is 218 g/mol. The van der Waals surface area contributed by atoms with Crippen LogP contribution in [0, 0.1) is 0 Å². The van der Waals surface area contributed by atoms with Crippen LogP contribution in [0.25, 0.3) is 0 Å². The molecule has 0 aliphatic heterocycles. The Morgan fingerprint density at radius 3 is 3.00 bits per heavy atom. The molecule has 1 aliphatic carbocycles. The van der Waals surface area contributed by atoms with E-state index in [0.717, 1.165) is 11.6 Å². The minimum absolute atomic E-state index is 0.543. The second-order valence-corrected chi connectivity index (χ2v) is 3.85. The molecule has 0 radical (unpaired) electrons. The fraction of sp³-hybridized carbons (Fsp3) is 0.308. The maximum absolute atomic E-state index is 10.7. The molecule has 2 atom stereocenters. The first-order chi connectivity index (χ1) is 8.01. The van der Waals surface area contributed by atoms with Gasteiger partial charge >= 0.3 is 0 Å². The molecule has 0 spiro atoms. The van der Waals surface area contributed by atoms with E-state index < -0.39 is 17.6 Å². The Bertz CT molecular complexity index is 395.